The van der Waals surface area contributed by atoms with Crippen LogP contribution in [-0.2, 0) is 6.54 Å². The van der Waals surface area contributed by atoms with Crippen LogP contribution in [0.15, 0.2) is 30.3 Å². The van der Waals surface area contributed by atoms with Gasteiger partial charge >= 0.3 is 0 Å². The predicted molar refractivity (Wildman–Crippen MR) is 101 cm³/mol. The number of likely N-dealkylation sites (tertiary alicyclic amines) is 1. The minimum Gasteiger partial charge on any atom is -0.303 e. The highest BCUT2D eigenvalue weighted by atomic mass is 15.2. The second kappa shape index (κ2) is 9.20. The van der Waals surface area contributed by atoms with Crippen LogP contribution >= 0.6 is 0 Å². The van der Waals surface area contributed by atoms with Crippen LogP contribution in [0.25, 0.3) is 0 Å². The van der Waals surface area contributed by atoms with E-state index in [-0.39, 0.29) is 5.92 Å². The van der Waals surface area contributed by atoms with Gasteiger partial charge in [0.2, 0.25) is 0 Å². The SMILES string of the molecule is C[C@H](C#N)CCCN(Cc1ccccc1)[C@H]1C[C@@H](C)N(C)C[C@H]1C. The zero-order valence-corrected chi connectivity index (χ0v) is 15.8. The predicted octanol–water partition coefficient (Wildman–Crippen LogP) is 4.16. The summed E-state index contributed by atoms with van der Waals surface area (Å²) in [6, 6.07) is 14.4. The summed E-state index contributed by atoms with van der Waals surface area (Å²) in [4.78, 5) is 5.16. The van der Waals surface area contributed by atoms with E-state index in [0.717, 1.165) is 25.9 Å². The topological polar surface area (TPSA) is 30.3 Å². The summed E-state index contributed by atoms with van der Waals surface area (Å²) in [6.45, 7) is 10.0. The lowest BCUT2D eigenvalue weighted by molar-refractivity contribution is 0.0398. The van der Waals surface area contributed by atoms with Gasteiger partial charge in [-0.25, -0.2) is 0 Å². The Labute approximate surface area is 148 Å². The van der Waals surface area contributed by atoms with Crippen molar-refractivity contribution in [3.05, 3.63) is 35.9 Å². The fourth-order valence-corrected chi connectivity index (χ4v) is 3.87. The molecule has 0 spiro atoms. The molecule has 1 aromatic rings. The molecule has 0 bridgehead atoms. The largest absolute Gasteiger partial charge is 0.303 e. The molecule has 1 aromatic carbocycles. The summed E-state index contributed by atoms with van der Waals surface area (Å²) in [6.07, 6.45) is 3.34. The first-order valence-electron chi connectivity index (χ1n) is 9.39. The Morgan fingerprint density at radius 1 is 1.29 bits per heavy atom. The van der Waals surface area contributed by atoms with Gasteiger partial charge in [0.1, 0.15) is 0 Å². The monoisotopic (exact) mass is 327 g/mol. The van der Waals surface area contributed by atoms with Gasteiger partial charge in [-0.15, -0.1) is 0 Å². The van der Waals surface area contributed by atoms with E-state index in [2.05, 4.69) is 67.1 Å². The van der Waals surface area contributed by atoms with Crippen molar-refractivity contribution < 1.29 is 0 Å². The van der Waals surface area contributed by atoms with Crippen LogP contribution in [0.2, 0.25) is 0 Å². The quantitative estimate of drug-likeness (QED) is 0.753. The molecule has 4 atom stereocenters. The molecule has 0 aliphatic carbocycles. The summed E-state index contributed by atoms with van der Waals surface area (Å²) in [5.41, 5.74) is 1.39. The van der Waals surface area contributed by atoms with Crippen molar-refractivity contribution in [3.8, 4) is 6.07 Å². The van der Waals surface area contributed by atoms with E-state index >= 15 is 0 Å². The van der Waals surface area contributed by atoms with E-state index in [1.165, 1.54) is 18.5 Å². The number of piperidine rings is 1. The van der Waals surface area contributed by atoms with Gasteiger partial charge in [-0.1, -0.05) is 37.3 Å². The van der Waals surface area contributed by atoms with Crippen molar-refractivity contribution >= 4 is 0 Å². The molecule has 2 rings (SSSR count). The standard InChI is InChI=1S/C21H33N3/c1-17(14-22)9-8-12-24(16-20-10-6-5-7-11-20)21-13-19(3)23(4)15-18(21)2/h5-7,10-11,17-19,21H,8-9,12-13,15-16H2,1-4H3/t17-,18+,19+,21-/m0/s1. The molecule has 24 heavy (non-hydrogen) atoms. The first-order chi connectivity index (χ1) is 11.5. The smallest absolute Gasteiger partial charge is 0.0652 e. The van der Waals surface area contributed by atoms with Gasteiger partial charge < -0.3 is 4.90 Å². The molecule has 3 heteroatoms. The van der Waals surface area contributed by atoms with Crippen molar-refractivity contribution in [3.63, 3.8) is 0 Å². The highest BCUT2D eigenvalue weighted by Gasteiger charge is 2.32. The molecule has 0 unspecified atom stereocenters. The maximum atomic E-state index is 9.02. The van der Waals surface area contributed by atoms with Crippen LogP contribution in [0.4, 0.5) is 0 Å². The summed E-state index contributed by atoms with van der Waals surface area (Å²) in [5.74, 6) is 0.848. The molecule has 0 radical (unpaired) electrons. The Hall–Kier alpha value is -1.37. The molecule has 0 amide bonds. The number of hydrogen-bond acceptors (Lipinski definition) is 3. The Balaban J connectivity index is 2.05. The van der Waals surface area contributed by atoms with Crippen LogP contribution in [0.1, 0.15) is 45.6 Å². The first-order valence-corrected chi connectivity index (χ1v) is 9.39. The molecular formula is C21H33N3. The summed E-state index contributed by atoms with van der Waals surface area (Å²) >= 11 is 0. The molecule has 1 saturated heterocycles. The molecule has 0 N–H and O–H groups in total. The first kappa shape index (κ1) is 19.0. The molecule has 0 aromatic heterocycles. The Morgan fingerprint density at radius 2 is 2.00 bits per heavy atom. The summed E-state index contributed by atoms with van der Waals surface area (Å²) < 4.78 is 0. The second-order valence-electron chi connectivity index (χ2n) is 7.70. The van der Waals surface area contributed by atoms with E-state index in [0.29, 0.717) is 18.0 Å². The van der Waals surface area contributed by atoms with E-state index in [1.807, 2.05) is 6.92 Å². The third-order valence-corrected chi connectivity index (χ3v) is 5.57. The number of hydrogen-bond donors (Lipinski definition) is 0. The number of benzene rings is 1. The van der Waals surface area contributed by atoms with Crippen LogP contribution in [0.3, 0.4) is 0 Å². The Bertz CT molecular complexity index is 522. The normalized spacial score (nSPS) is 26.2. The maximum absolute atomic E-state index is 9.02. The van der Waals surface area contributed by atoms with E-state index in [9.17, 15) is 0 Å². The fraction of sp³-hybridized carbons (Fsp3) is 0.667. The lowest BCUT2D eigenvalue weighted by atomic mass is 9.88. The van der Waals surface area contributed by atoms with E-state index < -0.39 is 0 Å². The van der Waals surface area contributed by atoms with Gasteiger partial charge in [-0.05, 0) is 58.2 Å². The number of rotatable bonds is 7. The highest BCUT2D eigenvalue weighted by molar-refractivity contribution is 5.14. The van der Waals surface area contributed by atoms with Crippen molar-refractivity contribution in [1.82, 2.24) is 9.80 Å². The minimum absolute atomic E-state index is 0.164. The van der Waals surface area contributed by atoms with Crippen molar-refractivity contribution in [1.29, 1.82) is 5.26 Å². The van der Waals surface area contributed by atoms with Gasteiger partial charge in [0.25, 0.3) is 0 Å². The lowest BCUT2D eigenvalue weighted by Gasteiger charge is -2.45. The second-order valence-corrected chi connectivity index (χ2v) is 7.70. The summed E-state index contributed by atoms with van der Waals surface area (Å²) in [5, 5.41) is 9.02. The molecule has 1 heterocycles. The average molecular weight is 328 g/mol. The van der Waals surface area contributed by atoms with Crippen molar-refractivity contribution in [2.75, 3.05) is 20.1 Å². The fourth-order valence-electron chi connectivity index (χ4n) is 3.87. The number of nitriles is 1. The highest BCUT2D eigenvalue weighted by Crippen LogP contribution is 2.27. The molecule has 3 nitrogen and oxygen atoms in total. The van der Waals surface area contributed by atoms with E-state index in [4.69, 9.17) is 5.26 Å². The van der Waals surface area contributed by atoms with Gasteiger partial charge in [0, 0.05) is 31.1 Å². The maximum Gasteiger partial charge on any atom is 0.0652 e. The third kappa shape index (κ3) is 5.33. The average Bonchev–Trinajstić information content (AvgIpc) is 2.58. The third-order valence-electron chi connectivity index (χ3n) is 5.57. The van der Waals surface area contributed by atoms with E-state index in [1.54, 1.807) is 0 Å². The molecule has 132 valence electrons. The minimum atomic E-state index is 0.164. The zero-order valence-electron chi connectivity index (χ0n) is 15.8. The lowest BCUT2D eigenvalue weighted by Crippen LogP contribution is -2.52. The van der Waals surface area contributed by atoms with Gasteiger partial charge in [0.15, 0.2) is 0 Å². The van der Waals surface area contributed by atoms with Gasteiger partial charge in [-0.2, -0.15) is 5.26 Å². The van der Waals surface area contributed by atoms with Crippen molar-refractivity contribution in [2.24, 2.45) is 11.8 Å². The number of nitrogens with zero attached hydrogens (tertiary/aromatic N) is 3. The molecule has 1 aliphatic heterocycles. The van der Waals surface area contributed by atoms with Crippen LogP contribution in [-0.4, -0.2) is 42.0 Å². The zero-order chi connectivity index (χ0) is 17.5. The van der Waals surface area contributed by atoms with Crippen LogP contribution in [0.5, 0.6) is 0 Å². The molecular weight excluding hydrogens is 294 g/mol. The van der Waals surface area contributed by atoms with Gasteiger partial charge in [0.05, 0.1) is 6.07 Å². The molecule has 0 saturated carbocycles. The van der Waals surface area contributed by atoms with Crippen LogP contribution in [0, 0.1) is 23.2 Å². The Kier molecular flexibility index (Phi) is 7.27. The Morgan fingerprint density at radius 3 is 2.67 bits per heavy atom. The molecule has 1 aliphatic rings. The summed E-state index contributed by atoms with van der Waals surface area (Å²) in [7, 11) is 2.24. The van der Waals surface area contributed by atoms with Gasteiger partial charge in [-0.3, -0.25) is 4.90 Å². The van der Waals surface area contributed by atoms with Crippen molar-refractivity contribution in [2.45, 2.75) is 58.7 Å². The van der Waals surface area contributed by atoms with Crippen LogP contribution < -0.4 is 0 Å². The molecule has 1 fully saturated rings.